The average molecular weight is 204 g/mol. The summed E-state index contributed by atoms with van der Waals surface area (Å²) in [5.74, 6) is -0.259. The molecule has 0 aliphatic rings. The molecule has 0 radical (unpaired) electrons. The van der Waals surface area contributed by atoms with E-state index in [0.29, 0.717) is 4.88 Å². The molecule has 0 amide bonds. The molecule has 0 aliphatic heterocycles. The van der Waals surface area contributed by atoms with Gasteiger partial charge < -0.3 is 19.8 Å². The van der Waals surface area contributed by atoms with Crippen LogP contribution < -0.4 is 0 Å². The highest BCUT2D eigenvalue weighted by Gasteiger charge is 2.03. The molecule has 72 valence electrons. The average Bonchev–Trinajstić information content (AvgIpc) is 2.54. The Hall–Kier alpha value is -0.885. The van der Waals surface area contributed by atoms with E-state index in [1.807, 2.05) is 11.4 Å². The summed E-state index contributed by atoms with van der Waals surface area (Å²) >= 11 is 1.38. The van der Waals surface area contributed by atoms with E-state index in [1.54, 1.807) is 6.07 Å². The molecule has 1 rings (SSSR count). The third-order valence-corrected chi connectivity index (χ3v) is 1.76. The van der Waals surface area contributed by atoms with Gasteiger partial charge >= 0.3 is 13.3 Å². The Bertz CT molecular complexity index is 232. The number of thiophene rings is 1. The van der Waals surface area contributed by atoms with Gasteiger partial charge in [0.25, 0.3) is 0 Å². The second-order valence-electron chi connectivity index (χ2n) is 1.82. The van der Waals surface area contributed by atoms with Crippen molar-refractivity contribution < 1.29 is 24.6 Å². The van der Waals surface area contributed by atoms with Crippen LogP contribution in [0.25, 0.3) is 0 Å². The summed E-state index contributed by atoms with van der Waals surface area (Å²) in [6.45, 7) is 0. The molecule has 13 heavy (non-hydrogen) atoms. The molecule has 0 bridgehead atoms. The zero-order chi connectivity index (χ0) is 10.3. The van der Waals surface area contributed by atoms with Crippen molar-refractivity contribution in [3.05, 3.63) is 22.4 Å². The van der Waals surface area contributed by atoms with Crippen LogP contribution in [0.2, 0.25) is 0 Å². The van der Waals surface area contributed by atoms with Crippen LogP contribution in [0, 0.1) is 0 Å². The summed E-state index contributed by atoms with van der Waals surface area (Å²) in [7, 11) is -0.790. The summed E-state index contributed by atoms with van der Waals surface area (Å²) in [5.41, 5.74) is 0. The minimum Gasteiger partial charge on any atom is -0.465 e. The largest absolute Gasteiger partial charge is 0.631 e. The summed E-state index contributed by atoms with van der Waals surface area (Å²) in [5, 5.41) is 23.3. The van der Waals surface area contributed by atoms with Gasteiger partial charge in [-0.1, -0.05) is 6.07 Å². The molecule has 0 atom stereocenters. The van der Waals surface area contributed by atoms with Gasteiger partial charge in [-0.2, -0.15) is 0 Å². The fourth-order valence-corrected chi connectivity index (χ4v) is 1.14. The number of hydrogen-bond donors (Lipinski definition) is 3. The lowest BCUT2D eigenvalue weighted by atomic mass is 10.3. The Morgan fingerprint density at radius 1 is 1.54 bits per heavy atom. The molecule has 7 heteroatoms. The van der Waals surface area contributed by atoms with Gasteiger partial charge in [-0.25, -0.2) is 4.79 Å². The molecular weight excluding hydrogens is 195 g/mol. The molecule has 0 aromatic carbocycles. The number of carbonyl (C=O) groups excluding carboxylic acids is 1. The van der Waals surface area contributed by atoms with Crippen LogP contribution >= 0.6 is 11.3 Å². The van der Waals surface area contributed by atoms with E-state index < -0.39 is 7.32 Å². The number of carbonyl (C=O) groups is 1. The number of hydrogen-bond acceptors (Lipinski definition) is 6. The molecule has 1 aromatic rings. The number of esters is 1. The van der Waals surface area contributed by atoms with Crippen LogP contribution in [0.1, 0.15) is 9.67 Å². The molecule has 0 aliphatic carbocycles. The number of rotatable bonds is 1. The predicted octanol–water partition coefficient (Wildman–Crippen LogP) is -0.517. The van der Waals surface area contributed by atoms with Gasteiger partial charge in [0.15, 0.2) is 0 Å². The topological polar surface area (TPSA) is 87.0 Å². The molecule has 5 nitrogen and oxygen atoms in total. The molecule has 3 N–H and O–H groups in total. The first-order chi connectivity index (χ1) is 6.07. The normalized spacial score (nSPS) is 8.31. The zero-order valence-electron chi connectivity index (χ0n) is 6.88. The van der Waals surface area contributed by atoms with Gasteiger partial charge in [-0.3, -0.25) is 0 Å². The van der Waals surface area contributed by atoms with Crippen LogP contribution in [-0.2, 0) is 4.74 Å². The maximum Gasteiger partial charge on any atom is 0.631 e. The van der Waals surface area contributed by atoms with Crippen molar-refractivity contribution in [3.63, 3.8) is 0 Å². The lowest BCUT2D eigenvalue weighted by molar-refractivity contribution is 0.0606. The van der Waals surface area contributed by atoms with E-state index in [4.69, 9.17) is 15.1 Å². The maximum absolute atomic E-state index is 10.7. The first-order valence-corrected chi connectivity index (χ1v) is 4.12. The molecular formula is C6H9BO5S. The van der Waals surface area contributed by atoms with Crippen molar-refractivity contribution in [1.29, 1.82) is 0 Å². The number of methoxy groups -OCH3 is 1. The highest BCUT2D eigenvalue weighted by atomic mass is 32.1. The van der Waals surface area contributed by atoms with Crippen LogP contribution in [0.15, 0.2) is 17.5 Å². The molecule has 1 heterocycles. The second-order valence-corrected chi connectivity index (χ2v) is 2.76. The Morgan fingerprint density at radius 3 is 2.38 bits per heavy atom. The molecule has 1 aromatic heterocycles. The van der Waals surface area contributed by atoms with E-state index >= 15 is 0 Å². The van der Waals surface area contributed by atoms with Gasteiger partial charge in [-0.05, 0) is 11.4 Å². The van der Waals surface area contributed by atoms with E-state index in [9.17, 15) is 4.79 Å². The summed E-state index contributed by atoms with van der Waals surface area (Å²) in [6, 6.07) is 3.55. The third kappa shape index (κ3) is 6.29. The van der Waals surface area contributed by atoms with Crippen molar-refractivity contribution in [3.8, 4) is 0 Å². The summed E-state index contributed by atoms with van der Waals surface area (Å²) in [6.07, 6.45) is 0. The Labute approximate surface area is 79.4 Å². The van der Waals surface area contributed by atoms with Crippen molar-refractivity contribution in [2.75, 3.05) is 7.11 Å². The first-order valence-electron chi connectivity index (χ1n) is 3.24. The van der Waals surface area contributed by atoms with Crippen LogP contribution in [0.3, 0.4) is 0 Å². The van der Waals surface area contributed by atoms with Gasteiger partial charge in [0, 0.05) is 0 Å². The van der Waals surface area contributed by atoms with E-state index in [1.165, 1.54) is 18.4 Å². The van der Waals surface area contributed by atoms with Crippen molar-refractivity contribution in [2.24, 2.45) is 0 Å². The van der Waals surface area contributed by atoms with E-state index in [-0.39, 0.29) is 5.97 Å². The lowest BCUT2D eigenvalue weighted by Gasteiger charge is -1.90. The third-order valence-electron chi connectivity index (χ3n) is 0.908. The standard InChI is InChI=1S/C6H6O2S.BH3O3/c1-8-6(7)5-3-2-4-9-5;2-1(3)4/h2-4H,1H3;2-4H. The van der Waals surface area contributed by atoms with Gasteiger partial charge in [-0.15, -0.1) is 11.3 Å². The lowest BCUT2D eigenvalue weighted by Crippen LogP contribution is -2.07. The molecule has 0 unspecified atom stereocenters. The van der Waals surface area contributed by atoms with Crippen molar-refractivity contribution in [1.82, 2.24) is 0 Å². The van der Waals surface area contributed by atoms with Gasteiger partial charge in [0.1, 0.15) is 4.88 Å². The van der Waals surface area contributed by atoms with Gasteiger partial charge in [0.2, 0.25) is 0 Å². The smallest absolute Gasteiger partial charge is 0.465 e. The molecule has 0 saturated heterocycles. The Balaban J connectivity index is 0.000000310. The van der Waals surface area contributed by atoms with E-state index in [2.05, 4.69) is 4.74 Å². The summed E-state index contributed by atoms with van der Waals surface area (Å²) < 4.78 is 4.47. The predicted molar refractivity (Wildman–Crippen MR) is 48.1 cm³/mol. The van der Waals surface area contributed by atoms with Crippen molar-refractivity contribution in [2.45, 2.75) is 0 Å². The Morgan fingerprint density at radius 2 is 2.08 bits per heavy atom. The number of ether oxygens (including phenoxy) is 1. The van der Waals surface area contributed by atoms with Crippen LogP contribution in [-0.4, -0.2) is 35.5 Å². The molecule has 0 saturated carbocycles. The Kier molecular flexibility index (Phi) is 6.16. The SMILES string of the molecule is COC(=O)c1cccs1.OB(O)O. The fraction of sp³-hybridized carbons (Fsp3) is 0.167. The van der Waals surface area contributed by atoms with Crippen molar-refractivity contribution >= 4 is 24.6 Å². The van der Waals surface area contributed by atoms with Gasteiger partial charge in [0.05, 0.1) is 7.11 Å². The highest BCUT2D eigenvalue weighted by Crippen LogP contribution is 2.08. The summed E-state index contributed by atoms with van der Waals surface area (Å²) in [4.78, 5) is 11.3. The van der Waals surface area contributed by atoms with E-state index in [0.717, 1.165) is 0 Å². The quantitative estimate of drug-likeness (QED) is 0.423. The zero-order valence-corrected chi connectivity index (χ0v) is 7.69. The monoisotopic (exact) mass is 204 g/mol. The molecule has 0 spiro atoms. The maximum atomic E-state index is 10.7. The second kappa shape index (κ2) is 6.61. The minimum atomic E-state index is -2.17. The van der Waals surface area contributed by atoms with Crippen LogP contribution in [0.4, 0.5) is 0 Å². The minimum absolute atomic E-state index is 0.259. The fourth-order valence-electron chi connectivity index (χ4n) is 0.495. The highest BCUT2D eigenvalue weighted by molar-refractivity contribution is 7.11. The molecule has 0 fully saturated rings. The van der Waals surface area contributed by atoms with Crippen LogP contribution in [0.5, 0.6) is 0 Å². The first kappa shape index (κ1) is 12.1.